The monoisotopic (exact) mass is 510 g/mol. The van der Waals surface area contributed by atoms with Gasteiger partial charge in [-0.2, -0.15) is 0 Å². The van der Waals surface area contributed by atoms with Crippen LogP contribution >= 0.6 is 0 Å². The number of amides is 4. The number of nitrogens with zero attached hydrogens (tertiary/aromatic N) is 2. The second-order valence-electron chi connectivity index (χ2n) is 10.1. The molecule has 11 heteroatoms. The zero-order chi connectivity index (χ0) is 27.3. The van der Waals surface area contributed by atoms with Gasteiger partial charge in [-0.15, -0.1) is 0 Å². The number of anilines is 2. The van der Waals surface area contributed by atoms with Gasteiger partial charge in [0.1, 0.15) is 17.6 Å². The Balaban J connectivity index is 1.84. The zero-order valence-electron chi connectivity index (χ0n) is 21.4. The molecule has 1 aliphatic rings. The highest BCUT2D eigenvalue weighted by Crippen LogP contribution is 2.34. The quantitative estimate of drug-likeness (QED) is 0.321. The van der Waals surface area contributed by atoms with E-state index < -0.39 is 35.5 Å². The minimum absolute atomic E-state index is 0.0369. The summed E-state index contributed by atoms with van der Waals surface area (Å²) in [6.07, 6.45) is 0.808. The van der Waals surface area contributed by atoms with Crippen molar-refractivity contribution >= 4 is 35.2 Å². The average molecular weight is 511 g/mol. The minimum atomic E-state index is -1.46. The Bertz CT molecular complexity index is 1170. The molecule has 2 aromatic rings. The number of carbonyl (C=O) groups is 4. The molecule has 1 unspecified atom stereocenters. The van der Waals surface area contributed by atoms with E-state index in [1.165, 1.54) is 18.7 Å². The Labute approximate surface area is 215 Å². The fraction of sp³-hybridized carbons (Fsp3) is 0.423. The number of nitrogens with one attached hydrogen (secondary N) is 3. The fourth-order valence-electron chi connectivity index (χ4n) is 4.27. The lowest BCUT2D eigenvalue weighted by atomic mass is 9.94. The predicted octanol–water partition coefficient (Wildman–Crippen LogP) is 1.82. The molecule has 0 saturated carbocycles. The molecule has 1 aromatic heterocycles. The number of nitrogens with two attached hydrogens (primary N) is 1. The molecule has 0 saturated heterocycles. The topological polar surface area (TPSA) is 167 Å². The summed E-state index contributed by atoms with van der Waals surface area (Å²) in [5.74, 6) is -1.49. The molecule has 1 aromatic carbocycles. The number of rotatable bonds is 9. The average Bonchev–Trinajstić information content (AvgIpc) is 2.80. The van der Waals surface area contributed by atoms with E-state index in [-0.39, 0.29) is 24.8 Å². The van der Waals surface area contributed by atoms with Crippen LogP contribution in [-0.4, -0.2) is 51.5 Å². The van der Waals surface area contributed by atoms with Gasteiger partial charge in [-0.1, -0.05) is 32.0 Å². The van der Waals surface area contributed by atoms with Crippen LogP contribution in [0.2, 0.25) is 0 Å². The highest BCUT2D eigenvalue weighted by molar-refractivity contribution is 6.05. The first kappa shape index (κ1) is 27.4. The normalized spacial score (nSPS) is 16.1. The molecule has 0 spiro atoms. The largest absolute Gasteiger partial charge is 0.465 e. The highest BCUT2D eigenvalue weighted by atomic mass is 16.4. The molecule has 3 rings (SSSR count). The first-order valence-corrected chi connectivity index (χ1v) is 12.1. The summed E-state index contributed by atoms with van der Waals surface area (Å²) in [6.45, 7) is 6.78. The molecule has 0 aliphatic carbocycles. The second kappa shape index (κ2) is 11.3. The molecule has 0 radical (unpaired) electrons. The summed E-state index contributed by atoms with van der Waals surface area (Å²) in [5, 5.41) is 16.6. The second-order valence-corrected chi connectivity index (χ2v) is 10.1. The number of hydrogen-bond donors (Lipinski definition) is 5. The summed E-state index contributed by atoms with van der Waals surface area (Å²) in [6, 6.07) is 8.92. The molecule has 37 heavy (non-hydrogen) atoms. The SMILES string of the molecule is CC(C)C[C@@H](NC(=O)C(C)(C)NC(=O)O)C(=O)NC1Cc2cccc(N)c2N(Cc2ccccn2)C1=O. The van der Waals surface area contributed by atoms with Crippen LogP contribution in [0.3, 0.4) is 0 Å². The van der Waals surface area contributed by atoms with E-state index in [0.29, 0.717) is 23.5 Å². The maximum atomic E-state index is 13.6. The lowest BCUT2D eigenvalue weighted by molar-refractivity contribution is -0.133. The molecule has 0 fully saturated rings. The molecular weight excluding hydrogens is 476 g/mol. The van der Waals surface area contributed by atoms with E-state index in [9.17, 15) is 19.2 Å². The Morgan fingerprint density at radius 3 is 2.54 bits per heavy atom. The van der Waals surface area contributed by atoms with Gasteiger partial charge in [-0.05, 0) is 49.9 Å². The van der Waals surface area contributed by atoms with Crippen molar-refractivity contribution in [1.82, 2.24) is 20.9 Å². The zero-order valence-corrected chi connectivity index (χ0v) is 21.4. The van der Waals surface area contributed by atoms with Crippen molar-refractivity contribution in [3.63, 3.8) is 0 Å². The van der Waals surface area contributed by atoms with Gasteiger partial charge in [0.15, 0.2) is 0 Å². The Morgan fingerprint density at radius 1 is 1.19 bits per heavy atom. The summed E-state index contributed by atoms with van der Waals surface area (Å²) in [7, 11) is 0. The van der Waals surface area contributed by atoms with Gasteiger partial charge in [-0.3, -0.25) is 19.4 Å². The van der Waals surface area contributed by atoms with Gasteiger partial charge < -0.3 is 31.7 Å². The van der Waals surface area contributed by atoms with Crippen molar-refractivity contribution in [3.05, 3.63) is 53.9 Å². The van der Waals surface area contributed by atoms with Gasteiger partial charge in [-0.25, -0.2) is 4.79 Å². The van der Waals surface area contributed by atoms with Gasteiger partial charge in [0, 0.05) is 12.6 Å². The van der Waals surface area contributed by atoms with Crippen LogP contribution in [-0.2, 0) is 27.3 Å². The molecule has 4 amide bonds. The Morgan fingerprint density at radius 2 is 1.92 bits per heavy atom. The summed E-state index contributed by atoms with van der Waals surface area (Å²) in [5.41, 5.74) is 7.28. The number of aromatic nitrogens is 1. The van der Waals surface area contributed by atoms with Crippen LogP contribution in [0.15, 0.2) is 42.6 Å². The van der Waals surface area contributed by atoms with Crippen molar-refractivity contribution in [3.8, 4) is 0 Å². The number of carboxylic acid groups (broad SMARTS) is 1. The molecule has 1 aliphatic heterocycles. The molecule has 11 nitrogen and oxygen atoms in total. The number of carbonyl (C=O) groups excluding carboxylic acids is 3. The maximum Gasteiger partial charge on any atom is 0.405 e. The summed E-state index contributed by atoms with van der Waals surface area (Å²) < 4.78 is 0. The summed E-state index contributed by atoms with van der Waals surface area (Å²) in [4.78, 5) is 56.7. The number of pyridine rings is 1. The first-order chi connectivity index (χ1) is 17.4. The van der Waals surface area contributed by atoms with E-state index in [1.54, 1.807) is 30.5 Å². The smallest absolute Gasteiger partial charge is 0.405 e. The number of nitrogen functional groups attached to an aromatic ring is 1. The maximum absolute atomic E-state index is 13.6. The molecule has 2 atom stereocenters. The van der Waals surface area contributed by atoms with E-state index in [0.717, 1.165) is 5.56 Å². The minimum Gasteiger partial charge on any atom is -0.465 e. The first-order valence-electron chi connectivity index (χ1n) is 12.1. The van der Waals surface area contributed by atoms with E-state index in [2.05, 4.69) is 20.9 Å². The van der Waals surface area contributed by atoms with E-state index >= 15 is 0 Å². The standard InChI is InChI=1S/C26H34N6O5/c1-15(2)12-19(30-24(35)26(3,4)31-25(36)37)22(33)29-20-13-16-8-7-10-18(27)21(16)32(23(20)34)14-17-9-5-6-11-28-17/h5-11,15,19-20,31H,12-14,27H2,1-4H3,(H,29,33)(H,30,35)(H,36,37)/t19-,20?/m1/s1. The number of fused-ring (bicyclic) bond motifs is 1. The van der Waals surface area contributed by atoms with Crippen LogP contribution in [0.5, 0.6) is 0 Å². The highest BCUT2D eigenvalue weighted by Gasteiger charge is 2.38. The molecule has 2 heterocycles. The van der Waals surface area contributed by atoms with Gasteiger partial charge in [0.25, 0.3) is 0 Å². The van der Waals surface area contributed by atoms with Crippen LogP contribution in [0.4, 0.5) is 16.2 Å². The number of benzene rings is 1. The van der Waals surface area contributed by atoms with E-state index in [4.69, 9.17) is 10.8 Å². The third kappa shape index (κ3) is 6.75. The number of hydrogen-bond acceptors (Lipinski definition) is 6. The molecule has 198 valence electrons. The lowest BCUT2D eigenvalue weighted by Gasteiger charge is -2.36. The fourth-order valence-corrected chi connectivity index (χ4v) is 4.27. The van der Waals surface area contributed by atoms with Crippen LogP contribution < -0.4 is 26.6 Å². The van der Waals surface area contributed by atoms with Crippen molar-refractivity contribution in [2.24, 2.45) is 5.92 Å². The van der Waals surface area contributed by atoms with E-state index in [1.807, 2.05) is 26.0 Å². The van der Waals surface area contributed by atoms with Gasteiger partial charge in [0.2, 0.25) is 17.7 Å². The van der Waals surface area contributed by atoms with Crippen LogP contribution in [0.25, 0.3) is 0 Å². The molecular formula is C26H34N6O5. The van der Waals surface area contributed by atoms with Crippen LogP contribution in [0, 0.1) is 5.92 Å². The van der Waals surface area contributed by atoms with Crippen molar-refractivity contribution in [2.45, 2.75) is 64.7 Å². The third-order valence-corrected chi connectivity index (χ3v) is 6.09. The number of para-hydroxylation sites is 1. The molecule has 6 N–H and O–H groups in total. The lowest BCUT2D eigenvalue weighted by Crippen LogP contribution is -2.61. The van der Waals surface area contributed by atoms with Gasteiger partial charge in [0.05, 0.1) is 23.6 Å². The Hall–Kier alpha value is -4.15. The van der Waals surface area contributed by atoms with Gasteiger partial charge >= 0.3 is 6.09 Å². The Kier molecular flexibility index (Phi) is 8.36. The predicted molar refractivity (Wildman–Crippen MR) is 139 cm³/mol. The van der Waals surface area contributed by atoms with Crippen molar-refractivity contribution in [1.29, 1.82) is 0 Å². The summed E-state index contributed by atoms with van der Waals surface area (Å²) >= 11 is 0. The molecule has 0 bridgehead atoms. The van der Waals surface area contributed by atoms with Crippen molar-refractivity contribution < 1.29 is 24.3 Å². The van der Waals surface area contributed by atoms with Crippen LogP contribution in [0.1, 0.15) is 45.4 Å². The third-order valence-electron chi connectivity index (χ3n) is 6.09. The van der Waals surface area contributed by atoms with Crippen molar-refractivity contribution in [2.75, 3.05) is 10.6 Å².